The van der Waals surface area contributed by atoms with Gasteiger partial charge >= 0.3 is 5.97 Å². The smallest absolute Gasteiger partial charge is 0.335 e. The number of carbonyl (C=O) groups is 1. The Labute approximate surface area is 135 Å². The fourth-order valence-electron chi connectivity index (χ4n) is 1.83. The molecular formula is C14H10ClF2NO4S. The molecule has 2 rings (SSSR count). The lowest BCUT2D eigenvalue weighted by Crippen LogP contribution is -2.16. The molecule has 0 amide bonds. The van der Waals surface area contributed by atoms with Crippen LogP contribution in [0.3, 0.4) is 0 Å². The van der Waals surface area contributed by atoms with Gasteiger partial charge in [0.1, 0.15) is 11.6 Å². The third-order valence-corrected chi connectivity index (χ3v) is 4.80. The first-order chi connectivity index (χ1) is 10.6. The fourth-order valence-corrected chi connectivity index (χ4v) is 3.34. The van der Waals surface area contributed by atoms with E-state index in [0.717, 1.165) is 30.3 Å². The molecule has 122 valence electrons. The molecule has 9 heteroatoms. The van der Waals surface area contributed by atoms with Crippen LogP contribution in [0, 0.1) is 18.6 Å². The van der Waals surface area contributed by atoms with Crippen LogP contribution < -0.4 is 4.72 Å². The van der Waals surface area contributed by atoms with Crippen LogP contribution in [0.2, 0.25) is 5.02 Å². The van der Waals surface area contributed by atoms with E-state index in [2.05, 4.69) is 4.72 Å². The standard InChI is InChI=1S/C14H10ClF2NO4S/c1-7-12(17)4-8(14(19)20)5-13(7)23(21,22)18-9-2-3-11(16)10(15)6-9/h2-6,18H,1H3,(H,19,20). The first-order valence-corrected chi connectivity index (χ1v) is 7.99. The zero-order valence-electron chi connectivity index (χ0n) is 11.6. The molecule has 2 aromatic rings. The van der Waals surface area contributed by atoms with Crippen LogP contribution in [0.15, 0.2) is 35.2 Å². The molecule has 0 aliphatic carbocycles. The third kappa shape index (κ3) is 3.59. The highest BCUT2D eigenvalue weighted by molar-refractivity contribution is 7.92. The maximum atomic E-state index is 13.8. The Bertz CT molecular complexity index is 900. The molecule has 2 N–H and O–H groups in total. The van der Waals surface area contributed by atoms with Crippen LogP contribution in [0.4, 0.5) is 14.5 Å². The van der Waals surface area contributed by atoms with E-state index in [4.69, 9.17) is 16.7 Å². The molecule has 5 nitrogen and oxygen atoms in total. The molecule has 0 spiro atoms. The van der Waals surface area contributed by atoms with Crippen LogP contribution in [-0.4, -0.2) is 19.5 Å². The number of hydrogen-bond acceptors (Lipinski definition) is 3. The second-order valence-electron chi connectivity index (χ2n) is 4.62. The van der Waals surface area contributed by atoms with Gasteiger partial charge in [0.05, 0.1) is 21.2 Å². The summed E-state index contributed by atoms with van der Waals surface area (Å²) < 4.78 is 53.6. The summed E-state index contributed by atoms with van der Waals surface area (Å²) in [5.41, 5.74) is -0.793. The van der Waals surface area contributed by atoms with E-state index in [-0.39, 0.29) is 16.3 Å². The Kier molecular flexibility index (Phi) is 4.58. The minimum absolute atomic E-state index is 0.0445. The summed E-state index contributed by atoms with van der Waals surface area (Å²) in [6, 6.07) is 4.70. The average Bonchev–Trinajstić information content (AvgIpc) is 2.45. The highest BCUT2D eigenvalue weighted by atomic mass is 35.5. The summed E-state index contributed by atoms with van der Waals surface area (Å²) in [5, 5.41) is 8.61. The SMILES string of the molecule is Cc1c(F)cc(C(=O)O)cc1S(=O)(=O)Nc1ccc(F)c(Cl)c1. The van der Waals surface area contributed by atoms with Gasteiger partial charge in [0, 0.05) is 5.56 Å². The quantitative estimate of drug-likeness (QED) is 0.874. The number of nitrogens with one attached hydrogen (secondary N) is 1. The molecule has 0 saturated carbocycles. The molecule has 23 heavy (non-hydrogen) atoms. The molecule has 0 bridgehead atoms. The van der Waals surface area contributed by atoms with Gasteiger partial charge in [-0.1, -0.05) is 11.6 Å². The molecule has 2 aromatic carbocycles. The molecule has 0 fully saturated rings. The molecule has 0 aliphatic heterocycles. The number of anilines is 1. The number of aromatic carboxylic acids is 1. The van der Waals surface area contributed by atoms with Crippen molar-refractivity contribution in [2.75, 3.05) is 4.72 Å². The van der Waals surface area contributed by atoms with Crippen LogP contribution in [0.5, 0.6) is 0 Å². The molecule has 0 radical (unpaired) electrons. The lowest BCUT2D eigenvalue weighted by Gasteiger charge is -2.12. The van der Waals surface area contributed by atoms with Gasteiger partial charge in [-0.05, 0) is 37.3 Å². The first-order valence-electron chi connectivity index (χ1n) is 6.13. The van der Waals surface area contributed by atoms with Crippen LogP contribution in [-0.2, 0) is 10.0 Å². The monoisotopic (exact) mass is 361 g/mol. The van der Waals surface area contributed by atoms with Gasteiger partial charge in [-0.25, -0.2) is 22.0 Å². The third-order valence-electron chi connectivity index (χ3n) is 3.00. The second-order valence-corrected chi connectivity index (χ2v) is 6.68. The Morgan fingerprint density at radius 2 is 1.83 bits per heavy atom. The zero-order valence-corrected chi connectivity index (χ0v) is 13.2. The van der Waals surface area contributed by atoms with Gasteiger partial charge in [-0.15, -0.1) is 0 Å². The van der Waals surface area contributed by atoms with E-state index in [0.29, 0.717) is 0 Å². The highest BCUT2D eigenvalue weighted by Gasteiger charge is 2.22. The second kappa shape index (κ2) is 6.13. The number of rotatable bonds is 4. The van der Waals surface area contributed by atoms with E-state index in [1.165, 1.54) is 6.92 Å². The van der Waals surface area contributed by atoms with Crippen LogP contribution in [0.1, 0.15) is 15.9 Å². The van der Waals surface area contributed by atoms with Gasteiger partial charge in [0.15, 0.2) is 0 Å². The van der Waals surface area contributed by atoms with Crippen molar-refractivity contribution in [2.45, 2.75) is 11.8 Å². The summed E-state index contributed by atoms with van der Waals surface area (Å²) in [7, 11) is -4.29. The largest absolute Gasteiger partial charge is 0.478 e. The molecule has 0 heterocycles. The minimum atomic E-state index is -4.29. The molecule has 0 unspecified atom stereocenters. The van der Waals surface area contributed by atoms with Crippen LogP contribution in [0.25, 0.3) is 0 Å². The van der Waals surface area contributed by atoms with Gasteiger partial charge < -0.3 is 5.11 Å². The molecule has 0 aliphatic rings. The minimum Gasteiger partial charge on any atom is -0.478 e. The van der Waals surface area contributed by atoms with Crippen LogP contribution >= 0.6 is 11.6 Å². The molecule has 0 aromatic heterocycles. The number of hydrogen-bond donors (Lipinski definition) is 2. The van der Waals surface area contributed by atoms with Crippen molar-refractivity contribution in [3.8, 4) is 0 Å². The Balaban J connectivity index is 2.51. The number of benzene rings is 2. The normalized spacial score (nSPS) is 11.3. The van der Waals surface area contributed by atoms with Gasteiger partial charge in [0.2, 0.25) is 0 Å². The fraction of sp³-hybridized carbons (Fsp3) is 0.0714. The number of carboxylic acid groups (broad SMARTS) is 1. The molecule has 0 atom stereocenters. The first kappa shape index (κ1) is 17.2. The number of carboxylic acids is 1. The van der Waals surface area contributed by atoms with Crippen molar-refractivity contribution in [3.05, 3.63) is 58.1 Å². The lowest BCUT2D eigenvalue weighted by atomic mass is 10.1. The van der Waals surface area contributed by atoms with Crippen molar-refractivity contribution in [1.82, 2.24) is 0 Å². The average molecular weight is 362 g/mol. The van der Waals surface area contributed by atoms with E-state index >= 15 is 0 Å². The van der Waals surface area contributed by atoms with E-state index < -0.39 is 38.1 Å². The Morgan fingerprint density at radius 3 is 2.39 bits per heavy atom. The highest BCUT2D eigenvalue weighted by Crippen LogP contribution is 2.25. The topological polar surface area (TPSA) is 83.5 Å². The van der Waals surface area contributed by atoms with Crippen molar-refractivity contribution in [2.24, 2.45) is 0 Å². The van der Waals surface area contributed by atoms with E-state index in [1.54, 1.807) is 0 Å². The van der Waals surface area contributed by atoms with Crippen molar-refractivity contribution in [3.63, 3.8) is 0 Å². The van der Waals surface area contributed by atoms with E-state index in [9.17, 15) is 22.0 Å². The molecular weight excluding hydrogens is 352 g/mol. The Hall–Kier alpha value is -2.19. The van der Waals surface area contributed by atoms with Gasteiger partial charge in [-0.3, -0.25) is 4.72 Å². The zero-order chi connectivity index (χ0) is 17.4. The number of sulfonamides is 1. The lowest BCUT2D eigenvalue weighted by molar-refractivity contribution is 0.0696. The van der Waals surface area contributed by atoms with Crippen molar-refractivity contribution < 1.29 is 27.1 Å². The summed E-state index contributed by atoms with van der Waals surface area (Å²) in [6.45, 7) is 1.20. The summed E-state index contributed by atoms with van der Waals surface area (Å²) >= 11 is 5.56. The molecule has 0 saturated heterocycles. The summed E-state index contributed by atoms with van der Waals surface area (Å²) in [4.78, 5) is 10.4. The predicted molar refractivity (Wildman–Crippen MR) is 80.3 cm³/mol. The number of halogens is 3. The van der Waals surface area contributed by atoms with Gasteiger partial charge in [-0.2, -0.15) is 0 Å². The maximum Gasteiger partial charge on any atom is 0.335 e. The predicted octanol–water partition coefficient (Wildman–Crippen LogP) is 3.43. The van der Waals surface area contributed by atoms with Crippen molar-refractivity contribution >= 4 is 33.3 Å². The Morgan fingerprint density at radius 1 is 1.17 bits per heavy atom. The van der Waals surface area contributed by atoms with Crippen molar-refractivity contribution in [1.29, 1.82) is 0 Å². The maximum absolute atomic E-state index is 13.8. The van der Waals surface area contributed by atoms with E-state index in [1.807, 2.05) is 0 Å². The summed E-state index contributed by atoms with van der Waals surface area (Å²) in [6.07, 6.45) is 0. The summed E-state index contributed by atoms with van der Waals surface area (Å²) in [5.74, 6) is -3.17. The van der Waals surface area contributed by atoms with Gasteiger partial charge in [0.25, 0.3) is 10.0 Å².